The lowest BCUT2D eigenvalue weighted by Gasteiger charge is -2.34. The number of benzene rings is 3. The molecule has 2 aliphatic rings. The molecular weight excluding hydrogens is 504 g/mol. The quantitative estimate of drug-likeness (QED) is 0.293. The maximum atomic E-state index is 14.8. The van der Waals surface area contributed by atoms with Crippen molar-refractivity contribution in [3.05, 3.63) is 111 Å². The molecule has 0 aliphatic carbocycles. The summed E-state index contributed by atoms with van der Waals surface area (Å²) in [6.45, 7) is 8.77. The molecule has 1 unspecified atom stereocenters. The Morgan fingerprint density at radius 1 is 0.950 bits per heavy atom. The maximum absolute atomic E-state index is 14.8. The van der Waals surface area contributed by atoms with E-state index in [-0.39, 0.29) is 35.3 Å². The van der Waals surface area contributed by atoms with Gasteiger partial charge in [0, 0.05) is 18.7 Å². The summed E-state index contributed by atoms with van der Waals surface area (Å²) in [5.74, 6) is -0.847. The normalized spacial score (nSPS) is 17.9. The summed E-state index contributed by atoms with van der Waals surface area (Å²) in [6.07, 6.45) is 0.537. The minimum Gasteiger partial charge on any atom is -0.450 e. The van der Waals surface area contributed by atoms with Crippen molar-refractivity contribution < 1.29 is 18.7 Å². The third-order valence-corrected chi connectivity index (χ3v) is 7.96. The van der Waals surface area contributed by atoms with E-state index in [0.29, 0.717) is 41.8 Å². The van der Waals surface area contributed by atoms with Gasteiger partial charge in [0.25, 0.3) is 11.8 Å². The highest BCUT2D eigenvalue weighted by Gasteiger charge is 2.64. The minimum atomic E-state index is -1.62. The fourth-order valence-corrected chi connectivity index (χ4v) is 6.06. The summed E-state index contributed by atoms with van der Waals surface area (Å²) in [5.41, 5.74) is 2.69. The average molecular weight is 537 g/mol. The first-order valence-electron chi connectivity index (χ1n) is 13.7. The number of carbonyl (C=O) groups is 2. The Labute approximate surface area is 233 Å². The second-order valence-corrected chi connectivity index (χ2v) is 10.9. The van der Waals surface area contributed by atoms with Crippen molar-refractivity contribution in [1.82, 2.24) is 4.90 Å². The molecule has 7 heteroatoms. The lowest BCUT2D eigenvalue weighted by molar-refractivity contribution is -0.126. The highest BCUT2D eigenvalue weighted by Crippen LogP contribution is 2.53. The molecule has 0 bridgehead atoms. The van der Waals surface area contributed by atoms with Crippen LogP contribution in [-0.4, -0.2) is 36.0 Å². The van der Waals surface area contributed by atoms with Gasteiger partial charge in [0.1, 0.15) is 5.58 Å². The minimum absolute atomic E-state index is 0.0377. The van der Waals surface area contributed by atoms with E-state index in [1.807, 2.05) is 82.3 Å². The van der Waals surface area contributed by atoms with E-state index < -0.39 is 11.4 Å². The molecule has 4 aromatic rings. The second kappa shape index (κ2) is 9.75. The fourth-order valence-electron chi connectivity index (χ4n) is 6.06. The second-order valence-electron chi connectivity index (χ2n) is 10.9. The smallest absolute Gasteiger partial charge is 0.291 e. The van der Waals surface area contributed by atoms with Crippen LogP contribution in [0.3, 0.4) is 0 Å². The van der Waals surface area contributed by atoms with Gasteiger partial charge >= 0.3 is 0 Å². The fraction of sp³-hybridized carbons (Fsp3) is 0.303. The summed E-state index contributed by atoms with van der Waals surface area (Å²) in [6, 6.07) is 20.7. The summed E-state index contributed by atoms with van der Waals surface area (Å²) >= 11 is 0. The van der Waals surface area contributed by atoms with Crippen LogP contribution >= 0.6 is 0 Å². The Hall–Kier alpha value is -4.23. The van der Waals surface area contributed by atoms with Gasteiger partial charge in [-0.1, -0.05) is 54.1 Å². The van der Waals surface area contributed by atoms with Gasteiger partial charge < -0.3 is 19.0 Å². The summed E-state index contributed by atoms with van der Waals surface area (Å²) in [4.78, 5) is 46.5. The van der Waals surface area contributed by atoms with E-state index >= 15 is 0 Å². The lowest BCUT2D eigenvalue weighted by atomic mass is 9.84. The number of nitrogens with zero attached hydrogens (tertiary/aromatic N) is 2. The summed E-state index contributed by atoms with van der Waals surface area (Å²) in [5, 5.41) is 0.360. The zero-order valence-corrected chi connectivity index (χ0v) is 23.2. The third kappa shape index (κ3) is 3.79. The summed E-state index contributed by atoms with van der Waals surface area (Å²) < 4.78 is 11.9. The molecule has 7 nitrogen and oxygen atoms in total. The highest BCUT2D eigenvalue weighted by atomic mass is 16.5. The van der Waals surface area contributed by atoms with Gasteiger partial charge in [-0.3, -0.25) is 14.4 Å². The molecule has 1 aromatic heterocycles. The number of aryl methyl sites for hydroxylation is 2. The number of anilines is 1. The van der Waals surface area contributed by atoms with Crippen molar-refractivity contribution in [2.24, 2.45) is 0 Å². The van der Waals surface area contributed by atoms with Crippen LogP contribution in [0.2, 0.25) is 0 Å². The van der Waals surface area contributed by atoms with E-state index in [0.717, 1.165) is 16.7 Å². The molecule has 1 atom stereocenters. The number of hydrogen-bond donors (Lipinski definition) is 0. The number of rotatable bonds is 7. The summed E-state index contributed by atoms with van der Waals surface area (Å²) in [7, 11) is 0. The van der Waals surface area contributed by atoms with E-state index in [9.17, 15) is 14.4 Å². The van der Waals surface area contributed by atoms with E-state index in [2.05, 4.69) is 0 Å². The van der Waals surface area contributed by atoms with Crippen LogP contribution in [0, 0.1) is 13.8 Å². The monoisotopic (exact) mass is 536 g/mol. The molecule has 0 radical (unpaired) electrons. The van der Waals surface area contributed by atoms with Crippen LogP contribution < -0.4 is 10.3 Å². The van der Waals surface area contributed by atoms with Gasteiger partial charge in [0.15, 0.2) is 11.0 Å². The first-order valence-corrected chi connectivity index (χ1v) is 13.7. The molecule has 6 rings (SSSR count). The van der Waals surface area contributed by atoms with Crippen molar-refractivity contribution >= 4 is 28.5 Å². The predicted molar refractivity (Wildman–Crippen MR) is 154 cm³/mol. The number of ether oxygens (including phenoxy) is 1. The molecule has 0 fully saturated rings. The number of hydrogen-bond acceptors (Lipinski definition) is 5. The van der Waals surface area contributed by atoms with Crippen molar-refractivity contribution in [1.29, 1.82) is 0 Å². The van der Waals surface area contributed by atoms with Crippen LogP contribution in [0.15, 0.2) is 75.9 Å². The van der Waals surface area contributed by atoms with E-state index in [4.69, 9.17) is 9.15 Å². The largest absolute Gasteiger partial charge is 0.450 e. The predicted octanol–water partition coefficient (Wildman–Crippen LogP) is 5.47. The molecule has 3 heterocycles. The Morgan fingerprint density at radius 3 is 2.48 bits per heavy atom. The van der Waals surface area contributed by atoms with Crippen LogP contribution in [0.25, 0.3) is 11.0 Å². The van der Waals surface area contributed by atoms with Gasteiger partial charge in [-0.15, -0.1) is 0 Å². The van der Waals surface area contributed by atoms with Gasteiger partial charge in [0.05, 0.1) is 29.3 Å². The van der Waals surface area contributed by atoms with Crippen molar-refractivity contribution in [2.75, 3.05) is 18.1 Å². The van der Waals surface area contributed by atoms with Crippen LogP contribution in [0.1, 0.15) is 58.6 Å². The first kappa shape index (κ1) is 26.0. The Balaban J connectivity index is 1.58. The van der Waals surface area contributed by atoms with Gasteiger partial charge in [-0.25, -0.2) is 0 Å². The Kier molecular flexibility index (Phi) is 6.34. The standard InChI is InChI=1S/C33H32N2O5/c1-20(2)39-17-9-16-35-31(37)30-28(29(36)24-18-21(3)14-15-27(24)40-30)33(35)25-12-7-8-13-26(25)34(32(33)38)19-23-11-6-5-10-22(23)4/h5-8,10-15,18,20H,9,16-17,19H2,1-4H3. The topological polar surface area (TPSA) is 80.1 Å². The third-order valence-electron chi connectivity index (χ3n) is 7.96. The van der Waals surface area contributed by atoms with Gasteiger partial charge in [0.2, 0.25) is 5.76 Å². The van der Waals surface area contributed by atoms with Crippen molar-refractivity contribution in [3.8, 4) is 0 Å². The Bertz CT molecular complexity index is 1720. The van der Waals surface area contributed by atoms with Crippen LogP contribution in [0.5, 0.6) is 0 Å². The molecule has 0 saturated carbocycles. The highest BCUT2D eigenvalue weighted by molar-refractivity contribution is 6.17. The maximum Gasteiger partial charge on any atom is 0.291 e. The molecule has 2 aliphatic heterocycles. The molecule has 2 amide bonds. The molecular formula is C33H32N2O5. The van der Waals surface area contributed by atoms with Crippen LogP contribution in [0.4, 0.5) is 5.69 Å². The Morgan fingerprint density at radius 2 is 1.70 bits per heavy atom. The number of para-hydroxylation sites is 1. The first-order chi connectivity index (χ1) is 19.2. The molecule has 1 spiro atoms. The van der Waals surface area contributed by atoms with E-state index in [1.165, 1.54) is 4.90 Å². The molecule has 0 N–H and O–H groups in total. The van der Waals surface area contributed by atoms with Gasteiger partial charge in [-0.05, 0) is 63.4 Å². The number of carbonyl (C=O) groups excluding carboxylic acids is 2. The van der Waals surface area contributed by atoms with Gasteiger partial charge in [-0.2, -0.15) is 0 Å². The van der Waals surface area contributed by atoms with E-state index in [1.54, 1.807) is 17.0 Å². The number of amides is 2. The zero-order valence-electron chi connectivity index (χ0n) is 23.2. The number of fused-ring (bicyclic) bond motifs is 5. The molecule has 204 valence electrons. The molecule has 3 aromatic carbocycles. The molecule has 0 saturated heterocycles. The zero-order chi connectivity index (χ0) is 28.2. The van der Waals surface area contributed by atoms with Crippen molar-refractivity contribution in [2.45, 2.75) is 52.3 Å². The molecule has 40 heavy (non-hydrogen) atoms. The van der Waals surface area contributed by atoms with Crippen LogP contribution in [-0.2, 0) is 21.6 Å². The van der Waals surface area contributed by atoms with Crippen molar-refractivity contribution in [3.63, 3.8) is 0 Å². The average Bonchev–Trinajstić information content (AvgIpc) is 3.32. The SMILES string of the molecule is Cc1ccc2oc3c(c(=O)c2c1)C1(C(=O)N(Cc2ccccc2C)c2ccccc21)N(CCCOC(C)C)C3=O. The lowest BCUT2D eigenvalue weighted by Crippen LogP contribution is -2.53.